The van der Waals surface area contributed by atoms with Crippen molar-refractivity contribution < 1.29 is 9.59 Å². The minimum absolute atomic E-state index is 0.0588. The van der Waals surface area contributed by atoms with Crippen molar-refractivity contribution in [3.8, 4) is 0 Å². The molecule has 7 nitrogen and oxygen atoms in total. The van der Waals surface area contributed by atoms with E-state index in [2.05, 4.69) is 15.5 Å². The van der Waals surface area contributed by atoms with Crippen LogP contribution in [0.25, 0.3) is 0 Å². The fourth-order valence-electron chi connectivity index (χ4n) is 5.17. The Morgan fingerprint density at radius 3 is 2.32 bits per heavy atom. The van der Waals surface area contributed by atoms with E-state index in [1.807, 2.05) is 47.0 Å². The summed E-state index contributed by atoms with van der Waals surface area (Å²) < 4.78 is 2.59. The molecule has 3 heterocycles. The maximum absolute atomic E-state index is 13.5. The normalized spacial score (nSPS) is 18.9. The third-order valence-corrected chi connectivity index (χ3v) is 8.50. The molecule has 0 unspecified atom stereocenters. The van der Waals surface area contributed by atoms with Gasteiger partial charge in [-0.25, -0.2) is 0 Å². The van der Waals surface area contributed by atoms with Gasteiger partial charge in [-0.05, 0) is 48.2 Å². The van der Waals surface area contributed by atoms with Crippen LogP contribution in [0.4, 0.5) is 11.4 Å². The van der Waals surface area contributed by atoms with Gasteiger partial charge in [-0.3, -0.25) is 14.4 Å². The van der Waals surface area contributed by atoms with Gasteiger partial charge in [0.1, 0.15) is 9.57 Å². The van der Waals surface area contributed by atoms with Crippen LogP contribution in [0, 0.1) is 5.92 Å². The van der Waals surface area contributed by atoms with Gasteiger partial charge in [-0.1, -0.05) is 60.4 Å². The van der Waals surface area contributed by atoms with Crippen molar-refractivity contribution in [2.24, 2.45) is 5.92 Å². The number of amides is 2. The number of thioether (sulfide) groups is 1. The van der Waals surface area contributed by atoms with E-state index in [-0.39, 0.29) is 23.3 Å². The molecule has 2 N–H and O–H groups in total. The predicted molar refractivity (Wildman–Crippen MR) is 152 cm³/mol. The Morgan fingerprint density at radius 2 is 1.62 bits per heavy atom. The summed E-state index contributed by atoms with van der Waals surface area (Å²) in [5.41, 5.74) is 3.31. The van der Waals surface area contributed by atoms with Crippen LogP contribution in [0.2, 0.25) is 0 Å². The molecule has 1 saturated heterocycles. The topological polar surface area (TPSA) is 83.4 Å². The fraction of sp³-hybridized carbons (Fsp3) is 0.286. The summed E-state index contributed by atoms with van der Waals surface area (Å²) in [6.07, 6.45) is 1.05. The smallest absolute Gasteiger partial charge is 0.250 e. The minimum Gasteiger partial charge on any atom is -0.356 e. The molecule has 2 amide bonds. The number of likely N-dealkylation sites (tertiary alicyclic amines) is 1. The molecule has 190 valence electrons. The van der Waals surface area contributed by atoms with E-state index in [0.29, 0.717) is 28.2 Å². The fourth-order valence-corrected chi connectivity index (χ4v) is 6.57. The maximum atomic E-state index is 13.5. The highest BCUT2D eigenvalue weighted by molar-refractivity contribution is 8.23. The molecule has 1 aromatic heterocycles. The number of hydrogen-bond donors (Lipinski definition) is 2. The number of fused-ring (bicyclic) bond motifs is 4. The van der Waals surface area contributed by atoms with Crippen molar-refractivity contribution in [2.75, 3.05) is 23.7 Å². The van der Waals surface area contributed by atoms with Gasteiger partial charge < -0.3 is 20.1 Å². The molecular weight excluding hydrogens is 504 g/mol. The Kier molecular flexibility index (Phi) is 7.43. The van der Waals surface area contributed by atoms with E-state index < -0.39 is 5.25 Å². The first-order valence-electron chi connectivity index (χ1n) is 12.3. The number of nitrogens with zero attached hydrogens (tertiary/aromatic N) is 2. The van der Waals surface area contributed by atoms with Gasteiger partial charge >= 0.3 is 0 Å². The molecule has 3 atom stereocenters. The number of pyridine rings is 1. The molecule has 2 aromatic carbocycles. The molecule has 0 aliphatic carbocycles. The molecule has 1 fully saturated rings. The van der Waals surface area contributed by atoms with Crippen LogP contribution in [0.15, 0.2) is 77.6 Å². The zero-order chi connectivity index (χ0) is 25.9. The lowest BCUT2D eigenvalue weighted by Gasteiger charge is -2.43. The molecule has 5 rings (SSSR count). The van der Waals surface area contributed by atoms with E-state index in [9.17, 15) is 14.4 Å². The predicted octanol–water partition coefficient (Wildman–Crippen LogP) is 4.62. The highest BCUT2D eigenvalue weighted by Gasteiger charge is 2.36. The number of aromatic nitrogens is 1. The van der Waals surface area contributed by atoms with Crippen LogP contribution in [-0.2, 0) is 16.1 Å². The minimum atomic E-state index is -0.527. The van der Waals surface area contributed by atoms with E-state index in [0.717, 1.165) is 30.8 Å². The lowest BCUT2D eigenvalue weighted by molar-refractivity contribution is -0.116. The third kappa shape index (κ3) is 5.78. The number of anilines is 2. The van der Waals surface area contributed by atoms with Crippen molar-refractivity contribution in [2.45, 2.75) is 31.1 Å². The zero-order valence-corrected chi connectivity index (χ0v) is 22.1. The number of benzene rings is 2. The molecule has 0 spiro atoms. The SMILES string of the molecule is CC(=O)Nc1ccc(NC(=O)[C@@H](SC(=S)N2C[C@H]3C[C@@H](C2)c2cccc(=O)n2C3)c2ccccc2)cc1. The molecule has 0 radical (unpaired) electrons. The van der Waals surface area contributed by atoms with Crippen LogP contribution < -0.4 is 16.2 Å². The standard InChI is InChI=1S/C28H28N4O3S2/c1-18(33)29-22-10-12-23(13-11-22)30-27(35)26(20-6-3-2-4-7-20)37-28(36)31-15-19-14-21(17-31)24-8-5-9-25(34)32(24)16-19/h2-13,19,21,26H,14-17H2,1H3,(H,29,33)(H,30,35)/t19-,21+,26+/m1/s1. The molecule has 9 heteroatoms. The first kappa shape index (κ1) is 25.2. The second-order valence-electron chi connectivity index (χ2n) is 9.53. The Labute approximate surface area is 225 Å². The number of carbonyl (C=O) groups is 2. The average molecular weight is 533 g/mol. The lowest BCUT2D eigenvalue weighted by Crippen LogP contribution is -2.48. The summed E-state index contributed by atoms with van der Waals surface area (Å²) in [5, 5.41) is 5.20. The summed E-state index contributed by atoms with van der Waals surface area (Å²) in [5.74, 6) is 0.269. The van der Waals surface area contributed by atoms with E-state index in [1.165, 1.54) is 18.7 Å². The Bertz CT molecular complexity index is 1370. The summed E-state index contributed by atoms with van der Waals surface area (Å²) in [6, 6.07) is 22.2. The molecule has 2 aliphatic heterocycles. The van der Waals surface area contributed by atoms with Crippen molar-refractivity contribution >= 4 is 51.5 Å². The quantitative estimate of drug-likeness (QED) is 0.467. The second kappa shape index (κ2) is 10.9. The molecule has 3 aromatic rings. The number of piperidine rings is 1. The van der Waals surface area contributed by atoms with Crippen LogP contribution in [0.5, 0.6) is 0 Å². The van der Waals surface area contributed by atoms with Crippen molar-refractivity contribution in [3.63, 3.8) is 0 Å². The third-order valence-electron chi connectivity index (χ3n) is 6.77. The first-order chi connectivity index (χ1) is 17.9. The van der Waals surface area contributed by atoms with E-state index in [1.54, 1.807) is 30.3 Å². The van der Waals surface area contributed by atoms with Gasteiger partial charge in [0.05, 0.1) is 0 Å². The van der Waals surface area contributed by atoms with Crippen LogP contribution in [0.1, 0.15) is 35.8 Å². The van der Waals surface area contributed by atoms with Gasteiger partial charge in [-0.2, -0.15) is 0 Å². The number of nitrogens with one attached hydrogen (secondary N) is 2. The monoisotopic (exact) mass is 532 g/mol. The molecule has 0 saturated carbocycles. The Hall–Kier alpha value is -3.43. The van der Waals surface area contributed by atoms with E-state index >= 15 is 0 Å². The van der Waals surface area contributed by atoms with Gasteiger partial charge in [0.15, 0.2) is 0 Å². The van der Waals surface area contributed by atoms with Gasteiger partial charge in [-0.15, -0.1) is 0 Å². The maximum Gasteiger partial charge on any atom is 0.250 e. The van der Waals surface area contributed by atoms with Crippen molar-refractivity contribution in [1.82, 2.24) is 9.47 Å². The first-order valence-corrected chi connectivity index (χ1v) is 13.5. The van der Waals surface area contributed by atoms with Crippen LogP contribution in [0.3, 0.4) is 0 Å². The number of carbonyl (C=O) groups excluding carboxylic acids is 2. The Morgan fingerprint density at radius 1 is 0.919 bits per heavy atom. The summed E-state index contributed by atoms with van der Waals surface area (Å²) in [4.78, 5) is 39.3. The lowest BCUT2D eigenvalue weighted by atomic mass is 9.83. The number of hydrogen-bond acceptors (Lipinski definition) is 5. The summed E-state index contributed by atoms with van der Waals surface area (Å²) >= 11 is 7.28. The molecule has 37 heavy (non-hydrogen) atoms. The van der Waals surface area contributed by atoms with Crippen LogP contribution in [-0.4, -0.2) is 38.7 Å². The molecule has 2 aliphatic rings. The Balaban J connectivity index is 1.31. The van der Waals surface area contributed by atoms with Crippen LogP contribution >= 0.6 is 24.0 Å². The highest BCUT2D eigenvalue weighted by atomic mass is 32.2. The average Bonchev–Trinajstić information content (AvgIpc) is 2.89. The second-order valence-corrected chi connectivity index (χ2v) is 11.3. The van der Waals surface area contributed by atoms with Gasteiger partial charge in [0.2, 0.25) is 11.8 Å². The molecule has 2 bridgehead atoms. The summed E-state index contributed by atoms with van der Waals surface area (Å²) in [7, 11) is 0. The largest absolute Gasteiger partial charge is 0.356 e. The number of rotatable bonds is 5. The zero-order valence-electron chi connectivity index (χ0n) is 20.4. The molecular formula is C28H28N4O3S2. The van der Waals surface area contributed by atoms with Gasteiger partial charge in [0.25, 0.3) is 5.56 Å². The van der Waals surface area contributed by atoms with Gasteiger partial charge in [0, 0.05) is 55.6 Å². The number of thiocarbonyl (C=S) groups is 1. The van der Waals surface area contributed by atoms with Crippen molar-refractivity contribution in [3.05, 3.63) is 94.4 Å². The summed E-state index contributed by atoms with van der Waals surface area (Å²) in [6.45, 7) is 3.66. The van der Waals surface area contributed by atoms with E-state index in [4.69, 9.17) is 12.2 Å². The highest BCUT2D eigenvalue weighted by Crippen LogP contribution is 2.39. The van der Waals surface area contributed by atoms with Crippen molar-refractivity contribution in [1.29, 1.82) is 0 Å².